The van der Waals surface area contributed by atoms with Crippen LogP contribution in [0.5, 0.6) is 5.75 Å². The van der Waals surface area contributed by atoms with Gasteiger partial charge in [-0.2, -0.15) is 0 Å². The number of rotatable bonds is 7. The van der Waals surface area contributed by atoms with Crippen LogP contribution in [-0.4, -0.2) is 71.0 Å². The molecule has 7 heteroatoms. The second-order valence-electron chi connectivity index (χ2n) is 11.8. The van der Waals surface area contributed by atoms with Gasteiger partial charge in [0.2, 0.25) is 0 Å². The Balaban J connectivity index is 1.14. The maximum atomic E-state index is 6.07. The number of piperidine rings is 1. The third-order valence-corrected chi connectivity index (χ3v) is 8.98. The van der Waals surface area contributed by atoms with Gasteiger partial charge in [-0.15, -0.1) is 0 Å². The summed E-state index contributed by atoms with van der Waals surface area (Å²) in [7, 11) is 0. The van der Waals surface area contributed by atoms with Gasteiger partial charge in [0.05, 0.1) is 42.1 Å². The van der Waals surface area contributed by atoms with Crippen molar-refractivity contribution in [1.29, 1.82) is 0 Å². The number of nitrogens with zero attached hydrogens (tertiary/aromatic N) is 5. The van der Waals surface area contributed by atoms with Crippen molar-refractivity contribution in [3.05, 3.63) is 54.9 Å². The van der Waals surface area contributed by atoms with Gasteiger partial charge in [-0.25, -0.2) is 9.97 Å². The molecule has 7 nitrogen and oxygen atoms in total. The van der Waals surface area contributed by atoms with Gasteiger partial charge in [0.15, 0.2) is 0 Å². The summed E-state index contributed by atoms with van der Waals surface area (Å²) in [6, 6.07) is 17.0. The number of anilines is 1. The van der Waals surface area contributed by atoms with Gasteiger partial charge in [-0.1, -0.05) is 26.0 Å². The predicted octanol–water partition coefficient (Wildman–Crippen LogP) is 5.44. The first-order chi connectivity index (χ1) is 18.6. The van der Waals surface area contributed by atoms with E-state index < -0.39 is 0 Å². The van der Waals surface area contributed by atoms with Crippen LogP contribution in [0.3, 0.4) is 0 Å². The maximum absolute atomic E-state index is 6.07. The fourth-order valence-electron chi connectivity index (χ4n) is 6.50. The van der Waals surface area contributed by atoms with Gasteiger partial charge < -0.3 is 14.4 Å². The van der Waals surface area contributed by atoms with E-state index in [0.29, 0.717) is 12.1 Å². The third kappa shape index (κ3) is 4.03. The molecule has 2 aromatic carbocycles. The summed E-state index contributed by atoms with van der Waals surface area (Å²) >= 11 is 0. The Morgan fingerprint density at radius 1 is 1.00 bits per heavy atom. The monoisotopic (exact) mass is 511 g/mol. The van der Waals surface area contributed by atoms with E-state index in [1.807, 2.05) is 18.5 Å². The summed E-state index contributed by atoms with van der Waals surface area (Å²) < 4.78 is 13.5. The minimum absolute atomic E-state index is 0.114. The Morgan fingerprint density at radius 3 is 2.58 bits per heavy atom. The largest absolute Gasteiger partial charge is 0.493 e. The number of pyridine rings is 1. The molecule has 1 spiro atoms. The molecule has 4 aromatic rings. The second kappa shape index (κ2) is 9.24. The summed E-state index contributed by atoms with van der Waals surface area (Å²) in [6.07, 6.45) is 6.95. The summed E-state index contributed by atoms with van der Waals surface area (Å²) in [5, 5.41) is 1.18. The average Bonchev–Trinajstić information content (AvgIpc) is 3.36. The Bertz CT molecular complexity index is 1470. The van der Waals surface area contributed by atoms with Crippen molar-refractivity contribution >= 4 is 27.6 Å². The molecule has 0 amide bonds. The van der Waals surface area contributed by atoms with Crippen molar-refractivity contribution in [2.24, 2.45) is 5.41 Å². The first kappa shape index (κ1) is 23.9. The maximum Gasteiger partial charge on any atom is 0.139 e. The number of fused-ring (bicyclic) bond motifs is 2. The molecule has 198 valence electrons. The number of aromatic nitrogens is 3. The molecular formula is C31H37N5O2. The summed E-state index contributed by atoms with van der Waals surface area (Å²) in [5.41, 5.74) is 4.80. The van der Waals surface area contributed by atoms with E-state index in [-0.39, 0.29) is 5.41 Å². The zero-order valence-electron chi connectivity index (χ0n) is 22.5. The average molecular weight is 512 g/mol. The van der Waals surface area contributed by atoms with Crippen LogP contribution in [-0.2, 0) is 4.74 Å². The molecule has 38 heavy (non-hydrogen) atoms. The van der Waals surface area contributed by atoms with Crippen molar-refractivity contribution in [2.45, 2.75) is 45.1 Å². The molecular weight excluding hydrogens is 474 g/mol. The lowest BCUT2D eigenvalue weighted by molar-refractivity contribution is -0.120. The van der Waals surface area contributed by atoms with E-state index in [0.717, 1.165) is 54.4 Å². The SMILES string of the molecule is CCCN1CCC12CCN(c1cccc3ccc(-n4cnc5cc(OCC6(C)COC6)ccc54)nc13)CC2. The van der Waals surface area contributed by atoms with E-state index in [1.165, 1.54) is 49.8 Å². The molecule has 3 saturated heterocycles. The van der Waals surface area contributed by atoms with Crippen LogP contribution in [0.25, 0.3) is 27.8 Å². The predicted molar refractivity (Wildman–Crippen MR) is 151 cm³/mol. The molecule has 0 unspecified atom stereocenters. The number of para-hydroxylation sites is 1. The summed E-state index contributed by atoms with van der Waals surface area (Å²) in [6.45, 7) is 11.4. The van der Waals surface area contributed by atoms with Crippen molar-refractivity contribution in [3.63, 3.8) is 0 Å². The molecule has 0 saturated carbocycles. The first-order valence-corrected chi connectivity index (χ1v) is 14.1. The molecule has 0 radical (unpaired) electrons. The van der Waals surface area contributed by atoms with E-state index in [2.05, 4.69) is 69.6 Å². The molecule has 5 heterocycles. The zero-order chi connectivity index (χ0) is 25.7. The van der Waals surface area contributed by atoms with Gasteiger partial charge in [0.25, 0.3) is 0 Å². The number of hydrogen-bond donors (Lipinski definition) is 0. The highest BCUT2D eigenvalue weighted by molar-refractivity contribution is 5.92. The Morgan fingerprint density at radius 2 is 1.84 bits per heavy atom. The van der Waals surface area contributed by atoms with Crippen LogP contribution in [0.4, 0.5) is 5.69 Å². The fraction of sp³-hybridized carbons (Fsp3) is 0.484. The molecule has 3 fully saturated rings. The molecule has 2 aromatic heterocycles. The fourth-order valence-corrected chi connectivity index (χ4v) is 6.50. The van der Waals surface area contributed by atoms with Crippen LogP contribution < -0.4 is 9.64 Å². The molecule has 3 aliphatic heterocycles. The topological polar surface area (TPSA) is 55.7 Å². The third-order valence-electron chi connectivity index (χ3n) is 8.98. The number of imidazole rings is 1. The highest BCUT2D eigenvalue weighted by Crippen LogP contribution is 2.41. The molecule has 3 aliphatic rings. The first-order valence-electron chi connectivity index (χ1n) is 14.1. The van der Waals surface area contributed by atoms with Gasteiger partial charge in [-0.05, 0) is 62.6 Å². The smallest absolute Gasteiger partial charge is 0.139 e. The van der Waals surface area contributed by atoms with E-state index >= 15 is 0 Å². The lowest BCUT2D eigenvalue weighted by Gasteiger charge is -2.57. The van der Waals surface area contributed by atoms with Gasteiger partial charge in [-0.3, -0.25) is 9.47 Å². The van der Waals surface area contributed by atoms with Gasteiger partial charge >= 0.3 is 0 Å². The second-order valence-corrected chi connectivity index (χ2v) is 11.8. The molecule has 7 rings (SSSR count). The van der Waals surface area contributed by atoms with Gasteiger partial charge in [0, 0.05) is 42.0 Å². The van der Waals surface area contributed by atoms with Crippen molar-refractivity contribution < 1.29 is 9.47 Å². The normalized spacial score (nSPS) is 20.5. The number of ether oxygens (including phenoxy) is 2. The quantitative estimate of drug-likeness (QED) is 0.329. The van der Waals surface area contributed by atoms with Crippen molar-refractivity contribution in [3.8, 4) is 11.6 Å². The van der Waals surface area contributed by atoms with E-state index in [4.69, 9.17) is 14.5 Å². The summed E-state index contributed by atoms with van der Waals surface area (Å²) in [5.74, 6) is 1.73. The number of likely N-dealkylation sites (tertiary alicyclic amines) is 1. The molecule has 0 bridgehead atoms. The number of benzene rings is 2. The zero-order valence-corrected chi connectivity index (χ0v) is 22.5. The van der Waals surface area contributed by atoms with Crippen LogP contribution in [0, 0.1) is 5.41 Å². The summed E-state index contributed by atoms with van der Waals surface area (Å²) in [4.78, 5) is 15.2. The van der Waals surface area contributed by atoms with Crippen LogP contribution in [0.1, 0.15) is 39.5 Å². The highest BCUT2D eigenvalue weighted by atomic mass is 16.5. The van der Waals surface area contributed by atoms with E-state index in [9.17, 15) is 0 Å². The lowest BCUT2D eigenvalue weighted by atomic mass is 9.76. The Labute approximate surface area is 224 Å². The number of hydrogen-bond acceptors (Lipinski definition) is 6. The lowest BCUT2D eigenvalue weighted by Crippen LogP contribution is -2.64. The minimum atomic E-state index is 0.114. The Hall–Kier alpha value is -3.16. The molecule has 0 N–H and O–H groups in total. The van der Waals surface area contributed by atoms with Crippen molar-refractivity contribution in [2.75, 3.05) is 50.9 Å². The molecule has 0 atom stereocenters. The van der Waals surface area contributed by atoms with Crippen LogP contribution in [0.2, 0.25) is 0 Å². The van der Waals surface area contributed by atoms with Crippen LogP contribution in [0.15, 0.2) is 54.9 Å². The van der Waals surface area contributed by atoms with Gasteiger partial charge in [0.1, 0.15) is 17.9 Å². The molecule has 0 aliphatic carbocycles. The van der Waals surface area contributed by atoms with Crippen molar-refractivity contribution in [1.82, 2.24) is 19.4 Å². The van der Waals surface area contributed by atoms with Crippen LogP contribution >= 0.6 is 0 Å². The Kier molecular flexibility index (Phi) is 5.82. The standard InChI is InChI=1S/C31H37N5O2/c1-3-14-35-17-13-31(35)11-15-34(16-12-31)27-6-4-5-23-7-10-28(33-29(23)27)36-22-32-25-18-24(8-9-26(25)36)38-21-30(2)19-37-20-30/h4-10,18,22H,3,11-17,19-21H2,1-2H3. The highest BCUT2D eigenvalue weighted by Gasteiger charge is 2.45. The van der Waals surface area contributed by atoms with E-state index in [1.54, 1.807) is 0 Å². The minimum Gasteiger partial charge on any atom is -0.493 e.